The molecule has 0 aliphatic carbocycles. The van der Waals surface area contributed by atoms with Crippen LogP contribution in [0.4, 0.5) is 10.5 Å². The Morgan fingerprint density at radius 3 is 3.05 bits per heavy atom. The van der Waals surface area contributed by atoms with Gasteiger partial charge in [-0.3, -0.25) is 0 Å². The van der Waals surface area contributed by atoms with E-state index in [2.05, 4.69) is 28.2 Å². The summed E-state index contributed by atoms with van der Waals surface area (Å²) in [4.78, 5) is 12.0. The Morgan fingerprint density at radius 1 is 1.43 bits per heavy atom. The summed E-state index contributed by atoms with van der Waals surface area (Å²) in [5, 5.41) is 6.88. The molecule has 2 heterocycles. The number of aromatic nitrogens is 1. The fourth-order valence-corrected chi connectivity index (χ4v) is 2.79. The van der Waals surface area contributed by atoms with Gasteiger partial charge in [-0.25, -0.2) is 4.79 Å². The van der Waals surface area contributed by atoms with Gasteiger partial charge in [0.2, 0.25) is 0 Å². The average Bonchev–Trinajstić information content (AvgIpc) is 3.13. The van der Waals surface area contributed by atoms with E-state index in [1.807, 2.05) is 24.4 Å². The Morgan fingerprint density at radius 2 is 2.29 bits per heavy atom. The molecule has 5 nitrogen and oxygen atoms in total. The molecule has 5 heteroatoms. The maximum atomic E-state index is 12.0. The summed E-state index contributed by atoms with van der Waals surface area (Å²) in [7, 11) is 0. The Labute approximate surface area is 124 Å². The van der Waals surface area contributed by atoms with Crippen molar-refractivity contribution in [2.75, 3.05) is 18.5 Å². The average molecular weight is 287 g/mol. The highest BCUT2D eigenvalue weighted by atomic mass is 16.5. The van der Waals surface area contributed by atoms with Crippen molar-refractivity contribution in [3.63, 3.8) is 0 Å². The minimum atomic E-state index is -0.176. The van der Waals surface area contributed by atoms with Gasteiger partial charge < -0.3 is 19.9 Å². The van der Waals surface area contributed by atoms with Crippen molar-refractivity contribution in [2.45, 2.75) is 32.4 Å². The van der Waals surface area contributed by atoms with Gasteiger partial charge in [-0.2, -0.15) is 0 Å². The number of ether oxygens (including phenoxy) is 1. The van der Waals surface area contributed by atoms with E-state index in [1.54, 1.807) is 0 Å². The zero-order valence-corrected chi connectivity index (χ0v) is 12.3. The number of amides is 2. The fraction of sp³-hybridized carbons (Fsp3) is 0.438. The topological polar surface area (TPSA) is 55.3 Å². The number of fused-ring (bicyclic) bond motifs is 1. The number of hydrogen-bond donors (Lipinski definition) is 2. The molecule has 0 unspecified atom stereocenters. The first-order valence-electron chi connectivity index (χ1n) is 7.52. The number of nitrogens with one attached hydrogen (secondary N) is 2. The number of para-hydroxylation sites is 1. The molecule has 2 amide bonds. The second-order valence-electron chi connectivity index (χ2n) is 5.32. The first-order valence-corrected chi connectivity index (χ1v) is 7.52. The summed E-state index contributed by atoms with van der Waals surface area (Å²) >= 11 is 0. The molecule has 1 atom stereocenters. The number of aryl methyl sites for hydroxylation is 1. The van der Waals surface area contributed by atoms with E-state index in [9.17, 15) is 4.79 Å². The van der Waals surface area contributed by atoms with Crippen LogP contribution in [0.3, 0.4) is 0 Å². The van der Waals surface area contributed by atoms with Crippen molar-refractivity contribution in [3.05, 3.63) is 30.5 Å². The van der Waals surface area contributed by atoms with Gasteiger partial charge in [0.1, 0.15) is 0 Å². The second kappa shape index (κ2) is 6.18. The molecule has 0 radical (unpaired) electrons. The molecule has 1 aliphatic heterocycles. The molecule has 1 aliphatic rings. The zero-order chi connectivity index (χ0) is 14.7. The van der Waals surface area contributed by atoms with Crippen LogP contribution in [0.15, 0.2) is 30.5 Å². The minimum absolute atomic E-state index is 0.160. The van der Waals surface area contributed by atoms with Gasteiger partial charge in [0.05, 0.1) is 17.3 Å². The Kier molecular flexibility index (Phi) is 4.10. The summed E-state index contributed by atoms with van der Waals surface area (Å²) in [5.74, 6) is 0. The predicted molar refractivity (Wildman–Crippen MR) is 83.6 cm³/mol. The van der Waals surface area contributed by atoms with Crippen molar-refractivity contribution in [2.24, 2.45) is 0 Å². The summed E-state index contributed by atoms with van der Waals surface area (Å²) < 4.78 is 7.63. The first kappa shape index (κ1) is 13.9. The van der Waals surface area contributed by atoms with Gasteiger partial charge in [0.25, 0.3) is 0 Å². The lowest BCUT2D eigenvalue weighted by Crippen LogP contribution is -2.34. The van der Waals surface area contributed by atoms with E-state index in [-0.39, 0.29) is 12.1 Å². The Balaban J connectivity index is 1.67. The summed E-state index contributed by atoms with van der Waals surface area (Å²) in [6.45, 7) is 4.34. The lowest BCUT2D eigenvalue weighted by molar-refractivity contribution is 0.112. The molecule has 3 rings (SSSR count). The molecule has 2 N–H and O–H groups in total. The van der Waals surface area contributed by atoms with Crippen LogP contribution in [-0.4, -0.2) is 29.9 Å². The molecule has 0 bridgehead atoms. The monoisotopic (exact) mass is 287 g/mol. The predicted octanol–water partition coefficient (Wildman–Crippen LogP) is 2.96. The highest BCUT2D eigenvalue weighted by molar-refractivity contribution is 6.01. The normalized spacial score (nSPS) is 18.0. The van der Waals surface area contributed by atoms with Gasteiger partial charge in [0, 0.05) is 31.3 Å². The van der Waals surface area contributed by atoms with Crippen LogP contribution < -0.4 is 10.6 Å². The molecule has 1 fully saturated rings. The molecule has 1 saturated heterocycles. The smallest absolute Gasteiger partial charge is 0.319 e. The summed E-state index contributed by atoms with van der Waals surface area (Å²) in [6.07, 6.45) is 4.25. The van der Waals surface area contributed by atoms with Crippen LogP contribution in [0.25, 0.3) is 10.9 Å². The van der Waals surface area contributed by atoms with Crippen LogP contribution in [0.2, 0.25) is 0 Å². The van der Waals surface area contributed by atoms with Gasteiger partial charge in [-0.05, 0) is 25.8 Å². The number of benzene rings is 1. The quantitative estimate of drug-likeness (QED) is 0.908. The minimum Gasteiger partial charge on any atom is -0.376 e. The molecule has 1 aromatic heterocycles. The lowest BCUT2D eigenvalue weighted by Gasteiger charge is -2.11. The number of rotatable bonds is 4. The fourth-order valence-electron chi connectivity index (χ4n) is 2.79. The maximum absolute atomic E-state index is 12.0. The van der Waals surface area contributed by atoms with E-state index in [0.717, 1.165) is 42.6 Å². The molecular weight excluding hydrogens is 266 g/mol. The molecule has 21 heavy (non-hydrogen) atoms. The molecule has 0 saturated carbocycles. The third-order valence-electron chi connectivity index (χ3n) is 3.89. The van der Waals surface area contributed by atoms with Gasteiger partial charge in [-0.1, -0.05) is 18.2 Å². The molecule has 112 valence electrons. The summed E-state index contributed by atoms with van der Waals surface area (Å²) in [5.41, 5.74) is 1.98. The van der Waals surface area contributed by atoms with Crippen LogP contribution >= 0.6 is 0 Å². The number of carbonyl (C=O) groups is 1. The second-order valence-corrected chi connectivity index (χ2v) is 5.32. The van der Waals surface area contributed by atoms with Gasteiger partial charge in [-0.15, -0.1) is 0 Å². The molecular formula is C16H21N3O2. The van der Waals surface area contributed by atoms with Crippen molar-refractivity contribution in [1.82, 2.24) is 9.88 Å². The van der Waals surface area contributed by atoms with Crippen LogP contribution in [0.5, 0.6) is 0 Å². The van der Waals surface area contributed by atoms with Crippen molar-refractivity contribution < 1.29 is 9.53 Å². The van der Waals surface area contributed by atoms with E-state index < -0.39 is 0 Å². The van der Waals surface area contributed by atoms with E-state index >= 15 is 0 Å². The largest absolute Gasteiger partial charge is 0.376 e. The van der Waals surface area contributed by atoms with E-state index in [0.29, 0.717) is 6.54 Å². The third-order valence-corrected chi connectivity index (χ3v) is 3.89. The highest BCUT2D eigenvalue weighted by Crippen LogP contribution is 2.25. The van der Waals surface area contributed by atoms with Crippen molar-refractivity contribution in [3.8, 4) is 0 Å². The molecule has 1 aromatic carbocycles. The SMILES string of the molecule is CCn1cc(NC(=O)NC[C@@H]2CCCO2)c2ccccc21. The number of urea groups is 1. The van der Waals surface area contributed by atoms with Crippen LogP contribution in [0, 0.1) is 0 Å². The maximum Gasteiger partial charge on any atom is 0.319 e. The Bertz CT molecular complexity index is 629. The number of nitrogens with zero attached hydrogens (tertiary/aromatic N) is 1. The Hall–Kier alpha value is -2.01. The van der Waals surface area contributed by atoms with Crippen molar-refractivity contribution >= 4 is 22.6 Å². The highest BCUT2D eigenvalue weighted by Gasteiger charge is 2.16. The van der Waals surface area contributed by atoms with Gasteiger partial charge >= 0.3 is 6.03 Å². The van der Waals surface area contributed by atoms with Gasteiger partial charge in [0.15, 0.2) is 0 Å². The number of hydrogen-bond acceptors (Lipinski definition) is 2. The summed E-state index contributed by atoms with van der Waals surface area (Å²) in [6, 6.07) is 7.91. The lowest BCUT2D eigenvalue weighted by atomic mass is 10.2. The number of anilines is 1. The van der Waals surface area contributed by atoms with Crippen molar-refractivity contribution in [1.29, 1.82) is 0 Å². The van der Waals surface area contributed by atoms with Crippen LogP contribution in [-0.2, 0) is 11.3 Å². The zero-order valence-electron chi connectivity index (χ0n) is 12.3. The third kappa shape index (κ3) is 3.03. The molecule has 0 spiro atoms. The molecule has 2 aromatic rings. The number of carbonyl (C=O) groups excluding carboxylic acids is 1. The van der Waals surface area contributed by atoms with E-state index in [4.69, 9.17) is 4.74 Å². The standard InChI is InChI=1S/C16H21N3O2/c1-2-19-11-14(13-7-3-4-8-15(13)19)18-16(20)17-10-12-6-5-9-21-12/h3-4,7-8,11-12H,2,5-6,9-10H2,1H3,(H2,17,18,20)/t12-/m0/s1. The van der Waals surface area contributed by atoms with Crippen LogP contribution in [0.1, 0.15) is 19.8 Å². The first-order chi connectivity index (χ1) is 10.3. The van der Waals surface area contributed by atoms with E-state index in [1.165, 1.54) is 0 Å².